The van der Waals surface area contributed by atoms with E-state index in [0.717, 1.165) is 0 Å². The summed E-state index contributed by atoms with van der Waals surface area (Å²) < 4.78 is 39.2. The summed E-state index contributed by atoms with van der Waals surface area (Å²) in [6, 6.07) is 15.2. The molecule has 0 saturated heterocycles. The minimum Gasteiger partial charge on any atom is -0.486 e. The number of anilines is 1. The number of carbonyl (C=O) groups is 1. The van der Waals surface area contributed by atoms with Crippen molar-refractivity contribution in [3.63, 3.8) is 0 Å². The molecule has 2 heterocycles. The van der Waals surface area contributed by atoms with Crippen molar-refractivity contribution in [3.05, 3.63) is 102 Å². The summed E-state index contributed by atoms with van der Waals surface area (Å²) in [5, 5.41) is 6.81. The minimum atomic E-state index is -0.450. The van der Waals surface area contributed by atoms with E-state index >= 15 is 0 Å². The molecule has 0 unspecified atom stereocenters. The number of hydrogen-bond donors (Lipinski definition) is 1. The molecule has 0 saturated carbocycles. The molecule has 0 bridgehead atoms. The molecular weight excluding hydrogens is 392 g/mol. The van der Waals surface area contributed by atoms with E-state index in [2.05, 4.69) is 10.4 Å². The average Bonchev–Trinajstić information content (AvgIpc) is 3.39. The number of nitrogens with zero attached hydrogens (tertiary/aromatic N) is 2. The van der Waals surface area contributed by atoms with Crippen LogP contribution in [-0.4, -0.2) is 15.7 Å². The van der Waals surface area contributed by atoms with Crippen LogP contribution in [0.2, 0.25) is 0 Å². The molecule has 30 heavy (non-hydrogen) atoms. The van der Waals surface area contributed by atoms with Gasteiger partial charge >= 0.3 is 0 Å². The van der Waals surface area contributed by atoms with Gasteiger partial charge in [-0.15, -0.1) is 0 Å². The number of aromatic nitrogens is 2. The number of nitrogens with one attached hydrogen (secondary N) is 1. The molecule has 2 aromatic heterocycles. The summed E-state index contributed by atoms with van der Waals surface area (Å²) in [6.45, 7) is 0.341. The van der Waals surface area contributed by atoms with Crippen LogP contribution in [0.25, 0.3) is 0 Å². The van der Waals surface area contributed by atoms with Crippen LogP contribution in [0.5, 0.6) is 5.75 Å². The van der Waals surface area contributed by atoms with Crippen LogP contribution < -0.4 is 10.1 Å². The molecule has 4 aromatic rings. The van der Waals surface area contributed by atoms with Gasteiger partial charge in [0.25, 0.3) is 5.91 Å². The van der Waals surface area contributed by atoms with E-state index in [9.17, 15) is 13.6 Å². The number of furan rings is 1. The fourth-order valence-corrected chi connectivity index (χ4v) is 2.77. The van der Waals surface area contributed by atoms with Crippen LogP contribution in [0.15, 0.2) is 77.5 Å². The first kappa shape index (κ1) is 19.4. The van der Waals surface area contributed by atoms with Crippen molar-refractivity contribution in [2.75, 3.05) is 5.32 Å². The molecule has 0 aliphatic rings. The van der Waals surface area contributed by atoms with Gasteiger partial charge in [-0.25, -0.2) is 8.78 Å². The lowest BCUT2D eigenvalue weighted by Gasteiger charge is -2.04. The minimum absolute atomic E-state index is 0.0967. The van der Waals surface area contributed by atoms with Crippen molar-refractivity contribution in [1.29, 1.82) is 0 Å². The number of carbonyl (C=O) groups excluding carboxylic acids is 1. The topological polar surface area (TPSA) is 69.3 Å². The summed E-state index contributed by atoms with van der Waals surface area (Å²) >= 11 is 0. The number of benzene rings is 2. The van der Waals surface area contributed by atoms with E-state index in [4.69, 9.17) is 9.15 Å². The quantitative estimate of drug-likeness (QED) is 0.483. The first-order chi connectivity index (χ1) is 14.6. The maximum atomic E-state index is 13.8. The Morgan fingerprint density at radius 3 is 2.67 bits per heavy atom. The van der Waals surface area contributed by atoms with Gasteiger partial charge in [-0.2, -0.15) is 5.10 Å². The molecule has 0 atom stereocenters. The predicted molar refractivity (Wildman–Crippen MR) is 105 cm³/mol. The van der Waals surface area contributed by atoms with Crippen LogP contribution in [-0.2, 0) is 13.2 Å². The monoisotopic (exact) mass is 409 g/mol. The lowest BCUT2D eigenvalue weighted by atomic mass is 10.2. The van der Waals surface area contributed by atoms with Crippen LogP contribution in [0.1, 0.15) is 21.9 Å². The molecule has 0 fully saturated rings. The van der Waals surface area contributed by atoms with Gasteiger partial charge in [0.05, 0.1) is 18.4 Å². The average molecular weight is 409 g/mol. The first-order valence-electron chi connectivity index (χ1n) is 9.11. The van der Waals surface area contributed by atoms with Crippen LogP contribution in [0.4, 0.5) is 14.5 Å². The summed E-state index contributed by atoms with van der Waals surface area (Å²) in [6.07, 6.45) is 3.08. The Morgan fingerprint density at radius 2 is 1.87 bits per heavy atom. The molecule has 1 amide bonds. The predicted octanol–water partition coefficient (Wildman–Crippen LogP) is 4.63. The van der Waals surface area contributed by atoms with Gasteiger partial charge in [0.1, 0.15) is 29.8 Å². The van der Waals surface area contributed by atoms with E-state index in [1.54, 1.807) is 30.5 Å². The second-order valence-electron chi connectivity index (χ2n) is 6.48. The zero-order valence-electron chi connectivity index (χ0n) is 15.7. The largest absolute Gasteiger partial charge is 0.486 e. The number of rotatable bonds is 7. The van der Waals surface area contributed by atoms with E-state index in [1.165, 1.54) is 47.3 Å². The molecule has 4 rings (SSSR count). The molecule has 152 valence electrons. The number of hydrogen-bond acceptors (Lipinski definition) is 4. The summed E-state index contributed by atoms with van der Waals surface area (Å²) in [5.74, 6) is -0.0788. The second-order valence-corrected chi connectivity index (χ2v) is 6.48. The maximum absolute atomic E-state index is 13.8. The standard InChI is InChI=1S/C22H17F2N3O3/c23-16-5-7-18(8-6-16)29-14-19-9-10-21(30-19)22(28)26-17-11-25-27(13-17)12-15-3-1-2-4-20(15)24/h1-11,13H,12,14H2,(H,26,28). The molecule has 2 aromatic carbocycles. The second kappa shape index (κ2) is 8.60. The van der Waals surface area contributed by atoms with Crippen molar-refractivity contribution < 1.29 is 22.7 Å². The van der Waals surface area contributed by atoms with Gasteiger partial charge in [-0.3, -0.25) is 9.48 Å². The van der Waals surface area contributed by atoms with E-state index in [0.29, 0.717) is 22.8 Å². The van der Waals surface area contributed by atoms with Crippen LogP contribution >= 0.6 is 0 Å². The van der Waals surface area contributed by atoms with Gasteiger partial charge in [-0.1, -0.05) is 18.2 Å². The Hall–Kier alpha value is -3.94. The molecule has 6 nitrogen and oxygen atoms in total. The first-order valence-corrected chi connectivity index (χ1v) is 9.11. The summed E-state index contributed by atoms with van der Waals surface area (Å²) in [4.78, 5) is 12.4. The van der Waals surface area contributed by atoms with Crippen LogP contribution in [0.3, 0.4) is 0 Å². The van der Waals surface area contributed by atoms with Crippen molar-refractivity contribution in [2.45, 2.75) is 13.2 Å². The number of halogens is 2. The van der Waals surface area contributed by atoms with Gasteiger partial charge in [0.15, 0.2) is 5.76 Å². The molecule has 0 aliphatic heterocycles. The van der Waals surface area contributed by atoms with Gasteiger partial charge in [0, 0.05) is 11.8 Å². The highest BCUT2D eigenvalue weighted by molar-refractivity contribution is 6.02. The summed E-state index contributed by atoms with van der Waals surface area (Å²) in [5.41, 5.74) is 0.951. The lowest BCUT2D eigenvalue weighted by molar-refractivity contribution is 0.0992. The highest BCUT2D eigenvalue weighted by Crippen LogP contribution is 2.17. The third-order valence-corrected chi connectivity index (χ3v) is 4.26. The summed E-state index contributed by atoms with van der Waals surface area (Å²) in [7, 11) is 0. The van der Waals surface area contributed by atoms with Crippen LogP contribution in [0, 0.1) is 11.6 Å². The molecule has 1 N–H and O–H groups in total. The third kappa shape index (κ3) is 4.72. The van der Waals surface area contributed by atoms with E-state index < -0.39 is 5.91 Å². The third-order valence-electron chi connectivity index (χ3n) is 4.26. The van der Waals surface area contributed by atoms with Crippen molar-refractivity contribution in [1.82, 2.24) is 9.78 Å². The smallest absolute Gasteiger partial charge is 0.291 e. The Morgan fingerprint density at radius 1 is 1.07 bits per heavy atom. The molecule has 0 spiro atoms. The van der Waals surface area contributed by atoms with Gasteiger partial charge in [-0.05, 0) is 42.5 Å². The number of ether oxygens (including phenoxy) is 1. The van der Waals surface area contributed by atoms with E-state index in [1.807, 2.05) is 0 Å². The molecule has 0 radical (unpaired) electrons. The fourth-order valence-electron chi connectivity index (χ4n) is 2.77. The normalized spacial score (nSPS) is 10.7. The lowest BCUT2D eigenvalue weighted by Crippen LogP contribution is -2.10. The van der Waals surface area contributed by atoms with Crippen molar-refractivity contribution >= 4 is 11.6 Å². The number of amides is 1. The highest BCUT2D eigenvalue weighted by Gasteiger charge is 2.13. The Bertz CT molecular complexity index is 1150. The van der Waals surface area contributed by atoms with E-state index in [-0.39, 0.29) is 30.5 Å². The molecular formula is C22H17F2N3O3. The Balaban J connectivity index is 1.34. The van der Waals surface area contributed by atoms with Crippen molar-refractivity contribution in [3.8, 4) is 5.75 Å². The molecule has 0 aliphatic carbocycles. The van der Waals surface area contributed by atoms with Gasteiger partial charge in [0.2, 0.25) is 0 Å². The van der Waals surface area contributed by atoms with Crippen molar-refractivity contribution in [2.24, 2.45) is 0 Å². The zero-order valence-corrected chi connectivity index (χ0v) is 15.7. The Kier molecular flexibility index (Phi) is 5.56. The SMILES string of the molecule is O=C(Nc1cnn(Cc2ccccc2F)c1)c1ccc(COc2ccc(F)cc2)o1. The highest BCUT2D eigenvalue weighted by atomic mass is 19.1. The fraction of sp³-hybridized carbons (Fsp3) is 0.0909. The maximum Gasteiger partial charge on any atom is 0.291 e. The molecule has 8 heteroatoms. The Labute approximate surface area is 170 Å². The van der Waals surface area contributed by atoms with Gasteiger partial charge < -0.3 is 14.5 Å². The zero-order chi connectivity index (χ0) is 20.9.